The Morgan fingerprint density at radius 3 is 2.89 bits per heavy atom. The van der Waals surface area contributed by atoms with E-state index in [0.717, 1.165) is 4.68 Å². The summed E-state index contributed by atoms with van der Waals surface area (Å²) >= 11 is 5.94. The zero-order valence-corrected chi connectivity index (χ0v) is 11.1. The quantitative estimate of drug-likeness (QED) is 0.782. The van der Waals surface area contributed by atoms with Gasteiger partial charge in [0.1, 0.15) is 12.2 Å². The predicted molar refractivity (Wildman–Crippen MR) is 71.7 cm³/mol. The largest absolute Gasteiger partial charge is 0.396 e. The smallest absolute Gasteiger partial charge is 0.292 e. The molecule has 0 aromatic carbocycles. The van der Waals surface area contributed by atoms with Gasteiger partial charge in [-0.1, -0.05) is 24.4 Å². The van der Waals surface area contributed by atoms with E-state index in [1.165, 1.54) is 6.20 Å². The van der Waals surface area contributed by atoms with E-state index in [1.54, 1.807) is 0 Å². The average Bonchev–Trinajstić information content (AvgIpc) is 2.36. The Bertz CT molecular complexity index is 507. The topological polar surface area (TPSA) is 67.2 Å². The van der Waals surface area contributed by atoms with Gasteiger partial charge in [0.25, 0.3) is 5.56 Å². The first-order valence-corrected chi connectivity index (χ1v) is 5.95. The summed E-state index contributed by atoms with van der Waals surface area (Å²) < 4.78 is 1.16. The van der Waals surface area contributed by atoms with Gasteiger partial charge >= 0.3 is 0 Å². The second kappa shape index (κ2) is 6.43. The molecule has 2 atom stereocenters. The molecule has 0 aliphatic heterocycles. The van der Waals surface area contributed by atoms with E-state index in [-0.39, 0.29) is 41.4 Å². The Hall–Kier alpha value is -1.51. The van der Waals surface area contributed by atoms with Crippen LogP contribution in [0.5, 0.6) is 0 Å². The van der Waals surface area contributed by atoms with Gasteiger partial charge in [-0.25, -0.2) is 4.68 Å². The minimum atomic E-state index is -0.363. The molecule has 0 saturated heterocycles. The third-order valence-corrected chi connectivity index (χ3v) is 3.04. The molecule has 6 heteroatoms. The normalized spacial score (nSPS) is 13.7. The Labute approximate surface area is 111 Å². The Morgan fingerprint density at radius 1 is 1.67 bits per heavy atom. The summed E-state index contributed by atoms with van der Waals surface area (Å²) in [6, 6.07) is -0.0955. The van der Waals surface area contributed by atoms with Crippen LogP contribution in [0.25, 0.3) is 0 Å². The number of nitrogens with one attached hydrogen (secondary N) is 1. The zero-order chi connectivity index (χ0) is 13.7. The van der Waals surface area contributed by atoms with Gasteiger partial charge in [0.2, 0.25) is 0 Å². The first kappa shape index (κ1) is 14.6. The van der Waals surface area contributed by atoms with Crippen molar-refractivity contribution in [3.05, 3.63) is 21.6 Å². The van der Waals surface area contributed by atoms with E-state index in [4.69, 9.17) is 23.1 Å². The van der Waals surface area contributed by atoms with Crippen LogP contribution in [0.15, 0.2) is 11.0 Å². The SMILES string of the molecule is C#CCn1ncc(Cl)c(NC(C)C(C)CO)c1=O. The molecular weight excluding hydrogens is 254 g/mol. The lowest BCUT2D eigenvalue weighted by Gasteiger charge is -2.20. The highest BCUT2D eigenvalue weighted by atomic mass is 35.5. The van der Waals surface area contributed by atoms with Crippen molar-refractivity contribution in [2.75, 3.05) is 11.9 Å². The summed E-state index contributed by atoms with van der Waals surface area (Å²) in [7, 11) is 0. The Balaban J connectivity index is 3.05. The lowest BCUT2D eigenvalue weighted by Crippen LogP contribution is -2.32. The van der Waals surface area contributed by atoms with Gasteiger partial charge in [0.05, 0.1) is 11.2 Å². The molecule has 2 unspecified atom stereocenters. The van der Waals surface area contributed by atoms with Crippen LogP contribution in [0.4, 0.5) is 5.69 Å². The van der Waals surface area contributed by atoms with Crippen molar-refractivity contribution in [1.82, 2.24) is 9.78 Å². The number of aliphatic hydroxyl groups is 1. The molecule has 0 aliphatic carbocycles. The van der Waals surface area contributed by atoms with E-state index >= 15 is 0 Å². The fourth-order valence-electron chi connectivity index (χ4n) is 1.33. The fourth-order valence-corrected chi connectivity index (χ4v) is 1.51. The molecule has 18 heavy (non-hydrogen) atoms. The average molecular weight is 270 g/mol. The number of nitrogens with zero attached hydrogens (tertiary/aromatic N) is 2. The lowest BCUT2D eigenvalue weighted by molar-refractivity contribution is 0.226. The maximum absolute atomic E-state index is 12.0. The third-order valence-electron chi connectivity index (χ3n) is 2.75. The van der Waals surface area contributed by atoms with Gasteiger partial charge in [-0.3, -0.25) is 4.79 Å². The fraction of sp³-hybridized carbons (Fsp3) is 0.500. The number of hydrogen-bond acceptors (Lipinski definition) is 4. The molecule has 98 valence electrons. The van der Waals surface area contributed by atoms with Gasteiger partial charge in [-0.15, -0.1) is 6.42 Å². The number of aromatic nitrogens is 2. The molecule has 0 radical (unpaired) electrons. The van der Waals surface area contributed by atoms with Crippen LogP contribution in [-0.4, -0.2) is 27.5 Å². The Morgan fingerprint density at radius 2 is 2.33 bits per heavy atom. The van der Waals surface area contributed by atoms with Crippen LogP contribution in [0.2, 0.25) is 5.02 Å². The van der Waals surface area contributed by atoms with Gasteiger partial charge in [-0.05, 0) is 12.8 Å². The minimum Gasteiger partial charge on any atom is -0.396 e. The second-order valence-corrected chi connectivity index (χ2v) is 4.53. The highest BCUT2D eigenvalue weighted by molar-refractivity contribution is 6.33. The number of halogens is 1. The molecule has 0 amide bonds. The lowest BCUT2D eigenvalue weighted by atomic mass is 10.1. The van der Waals surface area contributed by atoms with Crippen LogP contribution >= 0.6 is 11.6 Å². The van der Waals surface area contributed by atoms with E-state index in [1.807, 2.05) is 13.8 Å². The van der Waals surface area contributed by atoms with Crippen LogP contribution in [0, 0.1) is 18.3 Å². The molecular formula is C12H16ClN3O2. The van der Waals surface area contributed by atoms with Gasteiger partial charge in [-0.2, -0.15) is 5.10 Å². The molecule has 0 spiro atoms. The number of aliphatic hydroxyl groups excluding tert-OH is 1. The minimum absolute atomic E-state index is 0.00489. The molecule has 1 aromatic heterocycles. The van der Waals surface area contributed by atoms with Crippen molar-refractivity contribution in [1.29, 1.82) is 0 Å². The standard InChI is InChI=1S/C12H16ClN3O2/c1-4-5-16-12(18)11(10(13)6-14-16)15-9(3)8(2)7-17/h1,6,8-9,15,17H,5,7H2,2-3H3. The van der Waals surface area contributed by atoms with Crippen LogP contribution in [0.1, 0.15) is 13.8 Å². The summed E-state index contributed by atoms with van der Waals surface area (Å²) in [5, 5.41) is 16.1. The number of rotatable bonds is 5. The van der Waals surface area contributed by atoms with Crippen LogP contribution in [-0.2, 0) is 6.54 Å². The maximum atomic E-state index is 12.0. The Kier molecular flexibility index (Phi) is 5.20. The number of terminal acetylenes is 1. The first-order valence-electron chi connectivity index (χ1n) is 5.57. The summed E-state index contributed by atoms with van der Waals surface area (Å²) in [6.07, 6.45) is 6.53. The number of hydrogen-bond donors (Lipinski definition) is 2. The molecule has 1 heterocycles. The molecule has 2 N–H and O–H groups in total. The van der Waals surface area contributed by atoms with E-state index < -0.39 is 0 Å². The van der Waals surface area contributed by atoms with Crippen molar-refractivity contribution in [2.45, 2.75) is 26.4 Å². The summed E-state index contributed by atoms with van der Waals surface area (Å²) in [5.41, 5.74) is -0.104. The third kappa shape index (κ3) is 3.25. The van der Waals surface area contributed by atoms with Crippen molar-refractivity contribution in [3.8, 4) is 12.3 Å². The predicted octanol–water partition coefficient (Wildman–Crippen LogP) is 0.959. The van der Waals surface area contributed by atoms with Crippen LogP contribution in [0.3, 0.4) is 0 Å². The van der Waals surface area contributed by atoms with Crippen molar-refractivity contribution in [3.63, 3.8) is 0 Å². The maximum Gasteiger partial charge on any atom is 0.292 e. The van der Waals surface area contributed by atoms with Gasteiger partial charge in [0.15, 0.2) is 0 Å². The van der Waals surface area contributed by atoms with Crippen LogP contribution < -0.4 is 10.9 Å². The molecule has 0 fully saturated rings. The van der Waals surface area contributed by atoms with E-state index in [9.17, 15) is 4.79 Å². The van der Waals surface area contributed by atoms with Gasteiger partial charge < -0.3 is 10.4 Å². The monoisotopic (exact) mass is 269 g/mol. The highest BCUT2D eigenvalue weighted by Crippen LogP contribution is 2.18. The van der Waals surface area contributed by atoms with E-state index in [0.29, 0.717) is 0 Å². The molecule has 5 nitrogen and oxygen atoms in total. The molecule has 1 aromatic rings. The summed E-state index contributed by atoms with van der Waals surface area (Å²) in [6.45, 7) is 3.85. The first-order chi connectivity index (χ1) is 8.51. The highest BCUT2D eigenvalue weighted by Gasteiger charge is 2.16. The molecule has 0 aliphatic rings. The van der Waals surface area contributed by atoms with Gasteiger partial charge in [0, 0.05) is 12.6 Å². The second-order valence-electron chi connectivity index (χ2n) is 4.13. The molecule has 0 bridgehead atoms. The number of anilines is 1. The van der Waals surface area contributed by atoms with Crippen molar-refractivity contribution in [2.24, 2.45) is 5.92 Å². The van der Waals surface area contributed by atoms with E-state index in [2.05, 4.69) is 16.3 Å². The van der Waals surface area contributed by atoms with Crippen molar-refractivity contribution < 1.29 is 5.11 Å². The summed E-state index contributed by atoms with van der Waals surface area (Å²) in [5.74, 6) is 2.34. The summed E-state index contributed by atoms with van der Waals surface area (Å²) in [4.78, 5) is 12.0. The van der Waals surface area contributed by atoms with Crippen molar-refractivity contribution >= 4 is 17.3 Å². The zero-order valence-electron chi connectivity index (χ0n) is 10.4. The molecule has 0 saturated carbocycles. The molecule has 1 rings (SSSR count).